The number of barbiturate groups is 1. The van der Waals surface area contributed by atoms with Gasteiger partial charge < -0.3 is 4.57 Å². The Kier molecular flexibility index (Phi) is 6.85. The minimum absolute atomic E-state index is 0.322. The molecule has 0 bridgehead atoms. The lowest BCUT2D eigenvalue weighted by Gasteiger charge is -2.30. The molecule has 0 aromatic carbocycles. The molecule has 4 amide bonds. The summed E-state index contributed by atoms with van der Waals surface area (Å²) in [6, 6.07) is -0.629. The second-order valence-corrected chi connectivity index (χ2v) is 5.95. The molecular formula is C17H25N5O3. The Balaban J connectivity index is 2.02. The number of hydrogen-bond acceptors (Lipinski definition) is 5. The highest BCUT2D eigenvalue weighted by molar-refractivity contribution is 6.27. The van der Waals surface area contributed by atoms with Gasteiger partial charge in [-0.05, 0) is 19.3 Å². The molecule has 1 aromatic rings. The Bertz CT molecular complexity index is 639. The van der Waals surface area contributed by atoms with Gasteiger partial charge in [0, 0.05) is 37.7 Å². The van der Waals surface area contributed by atoms with Crippen LogP contribution in [-0.4, -0.2) is 51.1 Å². The van der Waals surface area contributed by atoms with E-state index in [-0.39, 0.29) is 0 Å². The Morgan fingerprint density at radius 1 is 1.24 bits per heavy atom. The van der Waals surface area contributed by atoms with Crippen LogP contribution in [0.25, 0.3) is 0 Å². The van der Waals surface area contributed by atoms with Crippen LogP contribution in [0.15, 0.2) is 23.7 Å². The third-order valence-corrected chi connectivity index (χ3v) is 4.13. The fraction of sp³-hybridized carbons (Fsp3) is 0.588. The predicted molar refractivity (Wildman–Crippen MR) is 93.1 cm³/mol. The first-order chi connectivity index (χ1) is 12.1. The minimum atomic E-state index is -0.993. The zero-order valence-electron chi connectivity index (χ0n) is 14.8. The number of nitrogens with one attached hydrogen (secondary N) is 1. The van der Waals surface area contributed by atoms with Gasteiger partial charge in [-0.1, -0.05) is 20.3 Å². The number of imide groups is 2. The highest BCUT2D eigenvalue weighted by Gasteiger charge is 2.42. The van der Waals surface area contributed by atoms with Gasteiger partial charge >= 0.3 is 6.03 Å². The molecule has 8 nitrogen and oxygen atoms in total. The molecule has 1 fully saturated rings. The molecule has 0 spiro atoms. The van der Waals surface area contributed by atoms with Crippen molar-refractivity contribution < 1.29 is 14.4 Å². The molecule has 0 unspecified atom stereocenters. The SMILES string of the molecule is CCCCN1C(=O)NC(=O)[C@@H](C(CC)=NCCCn2ccnc2)C1=O. The zero-order chi connectivity index (χ0) is 18.2. The van der Waals surface area contributed by atoms with Gasteiger partial charge in [0.25, 0.3) is 0 Å². The molecular weight excluding hydrogens is 322 g/mol. The Morgan fingerprint density at radius 2 is 2.04 bits per heavy atom. The van der Waals surface area contributed by atoms with Gasteiger partial charge in [-0.25, -0.2) is 9.78 Å². The molecule has 2 rings (SSSR count). The Hall–Kier alpha value is -2.51. The van der Waals surface area contributed by atoms with Crippen molar-refractivity contribution in [2.75, 3.05) is 13.1 Å². The fourth-order valence-electron chi connectivity index (χ4n) is 2.74. The largest absolute Gasteiger partial charge is 0.337 e. The Morgan fingerprint density at radius 3 is 2.68 bits per heavy atom. The molecule has 1 aliphatic rings. The number of urea groups is 1. The van der Waals surface area contributed by atoms with E-state index in [9.17, 15) is 14.4 Å². The van der Waals surface area contributed by atoms with Crippen LogP contribution in [0.4, 0.5) is 4.79 Å². The molecule has 0 radical (unpaired) electrons. The predicted octanol–water partition coefficient (Wildman–Crippen LogP) is 1.62. The molecule has 0 aliphatic carbocycles. The second-order valence-electron chi connectivity index (χ2n) is 5.95. The number of aliphatic imine (C=N–C) groups is 1. The molecule has 2 heterocycles. The van der Waals surface area contributed by atoms with Crippen molar-refractivity contribution in [2.45, 2.75) is 46.1 Å². The molecule has 1 saturated heterocycles. The number of carbonyl (C=O) groups is 3. The molecule has 8 heteroatoms. The van der Waals surface area contributed by atoms with Gasteiger partial charge in [-0.2, -0.15) is 0 Å². The van der Waals surface area contributed by atoms with Crippen LogP contribution in [0.3, 0.4) is 0 Å². The van der Waals surface area contributed by atoms with Gasteiger partial charge in [-0.15, -0.1) is 0 Å². The van der Waals surface area contributed by atoms with E-state index in [1.54, 1.807) is 12.5 Å². The van der Waals surface area contributed by atoms with Gasteiger partial charge in [0.05, 0.1) is 6.33 Å². The number of rotatable bonds is 9. The summed E-state index contributed by atoms with van der Waals surface area (Å²) in [6.45, 7) is 5.45. The third-order valence-electron chi connectivity index (χ3n) is 4.13. The van der Waals surface area contributed by atoms with E-state index < -0.39 is 23.8 Å². The smallest absolute Gasteiger partial charge is 0.330 e. The fourth-order valence-corrected chi connectivity index (χ4v) is 2.74. The summed E-state index contributed by atoms with van der Waals surface area (Å²) < 4.78 is 1.95. The number of unbranched alkanes of at least 4 members (excludes halogenated alkanes) is 1. The van der Waals surface area contributed by atoms with Crippen molar-refractivity contribution in [3.8, 4) is 0 Å². The van der Waals surface area contributed by atoms with Crippen molar-refractivity contribution in [1.29, 1.82) is 0 Å². The minimum Gasteiger partial charge on any atom is -0.337 e. The van der Waals surface area contributed by atoms with Crippen LogP contribution in [0.5, 0.6) is 0 Å². The van der Waals surface area contributed by atoms with Crippen LogP contribution in [-0.2, 0) is 16.1 Å². The normalized spacial score (nSPS) is 18.6. The number of imidazole rings is 1. The lowest BCUT2D eigenvalue weighted by atomic mass is 9.96. The van der Waals surface area contributed by atoms with E-state index >= 15 is 0 Å². The quantitative estimate of drug-likeness (QED) is 0.417. The van der Waals surface area contributed by atoms with E-state index in [4.69, 9.17) is 0 Å². The number of nitrogens with zero attached hydrogens (tertiary/aromatic N) is 4. The first kappa shape index (κ1) is 18.8. The maximum atomic E-state index is 12.6. The van der Waals surface area contributed by atoms with E-state index in [0.29, 0.717) is 31.6 Å². The highest BCUT2D eigenvalue weighted by Crippen LogP contribution is 2.15. The first-order valence-corrected chi connectivity index (χ1v) is 8.73. The average molecular weight is 347 g/mol. The van der Waals surface area contributed by atoms with Crippen LogP contribution in [0.2, 0.25) is 0 Å². The number of hydrogen-bond donors (Lipinski definition) is 1. The maximum Gasteiger partial charge on any atom is 0.330 e. The van der Waals surface area contributed by atoms with Gasteiger partial charge in [0.15, 0.2) is 5.92 Å². The Labute approximate surface area is 147 Å². The van der Waals surface area contributed by atoms with Crippen molar-refractivity contribution >= 4 is 23.6 Å². The third kappa shape index (κ3) is 4.74. The summed E-state index contributed by atoms with van der Waals surface area (Å²) in [5.74, 6) is -2.02. The summed E-state index contributed by atoms with van der Waals surface area (Å²) in [5, 5.41) is 2.28. The molecule has 1 atom stereocenters. The standard InChI is InChI=1S/C17H25N5O3/c1-3-5-10-22-16(24)14(15(23)20-17(22)25)13(4-2)19-7-6-9-21-11-8-18-12-21/h8,11-12,14H,3-7,9-10H2,1-2H3,(H,20,23,25)/t14-/m1/s1. The van der Waals surface area contributed by atoms with Crippen LogP contribution < -0.4 is 5.32 Å². The summed E-state index contributed by atoms with van der Waals surface area (Å²) in [5.41, 5.74) is 0.530. The highest BCUT2D eigenvalue weighted by atomic mass is 16.2. The van der Waals surface area contributed by atoms with Crippen LogP contribution in [0.1, 0.15) is 39.5 Å². The van der Waals surface area contributed by atoms with Crippen molar-refractivity contribution in [2.24, 2.45) is 10.9 Å². The molecule has 1 N–H and O–H groups in total. The number of aryl methyl sites for hydroxylation is 1. The maximum absolute atomic E-state index is 12.6. The average Bonchev–Trinajstić information content (AvgIpc) is 3.10. The van der Waals surface area contributed by atoms with Gasteiger partial charge in [0.1, 0.15) is 0 Å². The van der Waals surface area contributed by atoms with Crippen LogP contribution >= 0.6 is 0 Å². The van der Waals surface area contributed by atoms with Gasteiger partial charge in [0.2, 0.25) is 11.8 Å². The number of carbonyl (C=O) groups excluding carboxylic acids is 3. The summed E-state index contributed by atoms with van der Waals surface area (Å²) >= 11 is 0. The van der Waals surface area contributed by atoms with Crippen LogP contribution in [0, 0.1) is 5.92 Å². The van der Waals surface area contributed by atoms with Crippen molar-refractivity contribution in [3.63, 3.8) is 0 Å². The van der Waals surface area contributed by atoms with Gasteiger partial charge in [-0.3, -0.25) is 24.8 Å². The zero-order valence-corrected chi connectivity index (χ0v) is 14.8. The van der Waals surface area contributed by atoms with E-state index in [2.05, 4.69) is 15.3 Å². The van der Waals surface area contributed by atoms with Crippen molar-refractivity contribution in [3.05, 3.63) is 18.7 Å². The molecule has 1 aliphatic heterocycles. The van der Waals surface area contributed by atoms with E-state index in [1.165, 1.54) is 0 Å². The monoisotopic (exact) mass is 347 g/mol. The summed E-state index contributed by atoms with van der Waals surface area (Å²) in [4.78, 5) is 46.3. The molecule has 0 saturated carbocycles. The topological polar surface area (TPSA) is 96.7 Å². The summed E-state index contributed by atoms with van der Waals surface area (Å²) in [7, 11) is 0. The summed E-state index contributed by atoms with van der Waals surface area (Å²) in [6.07, 6.45) is 8.17. The number of aromatic nitrogens is 2. The molecule has 25 heavy (non-hydrogen) atoms. The molecule has 1 aromatic heterocycles. The van der Waals surface area contributed by atoms with Crippen molar-refractivity contribution in [1.82, 2.24) is 19.8 Å². The molecule has 136 valence electrons. The lowest BCUT2D eigenvalue weighted by molar-refractivity contribution is -0.139. The lowest BCUT2D eigenvalue weighted by Crippen LogP contribution is -2.60. The number of amides is 4. The van der Waals surface area contributed by atoms with E-state index in [1.807, 2.05) is 24.6 Å². The first-order valence-electron chi connectivity index (χ1n) is 8.73. The van der Waals surface area contributed by atoms with E-state index in [0.717, 1.165) is 24.3 Å². The second kappa shape index (κ2) is 9.10.